The van der Waals surface area contributed by atoms with Gasteiger partial charge in [0.25, 0.3) is 0 Å². The lowest BCUT2D eigenvalue weighted by atomic mass is 10.0. The SMILES string of the molecule is CC(C)(C)S(=O)(=O)NCCCCC(=O)Nc1cccc2cc3ccccc3cc12. The van der Waals surface area contributed by atoms with Crippen LogP contribution in [0, 0.1) is 0 Å². The summed E-state index contributed by atoms with van der Waals surface area (Å²) in [5.74, 6) is -0.0654. The molecule has 3 aromatic carbocycles. The van der Waals surface area contributed by atoms with E-state index < -0.39 is 14.8 Å². The van der Waals surface area contributed by atoms with Crippen molar-refractivity contribution in [1.82, 2.24) is 4.72 Å². The summed E-state index contributed by atoms with van der Waals surface area (Å²) in [6, 6.07) is 18.3. The van der Waals surface area contributed by atoms with Crippen LogP contribution in [0.25, 0.3) is 21.5 Å². The zero-order chi connectivity index (χ0) is 21.1. The number of amides is 1. The number of anilines is 1. The summed E-state index contributed by atoms with van der Waals surface area (Å²) >= 11 is 0. The predicted molar refractivity (Wildman–Crippen MR) is 121 cm³/mol. The van der Waals surface area contributed by atoms with Gasteiger partial charge in [0.1, 0.15) is 0 Å². The Balaban J connectivity index is 1.58. The zero-order valence-electron chi connectivity index (χ0n) is 17.2. The molecule has 0 atom stereocenters. The van der Waals surface area contributed by atoms with Gasteiger partial charge in [-0.3, -0.25) is 4.79 Å². The van der Waals surface area contributed by atoms with Crippen molar-refractivity contribution in [2.24, 2.45) is 0 Å². The number of hydrogen-bond acceptors (Lipinski definition) is 3. The molecule has 0 aliphatic heterocycles. The summed E-state index contributed by atoms with van der Waals surface area (Å²) in [5, 5.41) is 7.40. The molecule has 6 heteroatoms. The molecule has 0 radical (unpaired) electrons. The smallest absolute Gasteiger partial charge is 0.224 e. The molecule has 0 bridgehead atoms. The Morgan fingerprint density at radius 2 is 1.55 bits per heavy atom. The van der Waals surface area contributed by atoms with Gasteiger partial charge in [-0.2, -0.15) is 0 Å². The van der Waals surface area contributed by atoms with Crippen LogP contribution in [0.3, 0.4) is 0 Å². The van der Waals surface area contributed by atoms with Crippen LogP contribution in [-0.2, 0) is 14.8 Å². The van der Waals surface area contributed by atoms with E-state index in [-0.39, 0.29) is 5.91 Å². The van der Waals surface area contributed by atoms with Gasteiger partial charge in [-0.1, -0.05) is 36.4 Å². The lowest BCUT2D eigenvalue weighted by Gasteiger charge is -2.19. The fraction of sp³-hybridized carbons (Fsp3) is 0.348. The van der Waals surface area contributed by atoms with Crippen LogP contribution in [0.4, 0.5) is 5.69 Å². The highest BCUT2D eigenvalue weighted by Gasteiger charge is 2.27. The second-order valence-corrected chi connectivity index (χ2v) is 10.8. The van der Waals surface area contributed by atoms with Crippen molar-refractivity contribution in [2.45, 2.75) is 44.8 Å². The van der Waals surface area contributed by atoms with E-state index in [0.29, 0.717) is 25.8 Å². The molecule has 0 fully saturated rings. The Labute approximate surface area is 172 Å². The van der Waals surface area contributed by atoms with E-state index in [1.165, 1.54) is 5.39 Å². The van der Waals surface area contributed by atoms with Crippen LogP contribution < -0.4 is 10.0 Å². The highest BCUT2D eigenvalue weighted by atomic mass is 32.2. The molecule has 0 aromatic heterocycles. The van der Waals surface area contributed by atoms with Gasteiger partial charge >= 0.3 is 0 Å². The molecule has 5 nitrogen and oxygen atoms in total. The molecule has 0 aliphatic rings. The van der Waals surface area contributed by atoms with E-state index in [4.69, 9.17) is 0 Å². The number of fused-ring (bicyclic) bond motifs is 2. The molecule has 3 rings (SSSR count). The molecule has 0 spiro atoms. The Bertz CT molecular complexity index is 1130. The van der Waals surface area contributed by atoms with E-state index in [9.17, 15) is 13.2 Å². The first-order valence-electron chi connectivity index (χ1n) is 9.88. The van der Waals surface area contributed by atoms with Crippen molar-refractivity contribution < 1.29 is 13.2 Å². The first kappa shape index (κ1) is 21.3. The van der Waals surface area contributed by atoms with Gasteiger partial charge in [0.05, 0.1) is 4.75 Å². The summed E-state index contributed by atoms with van der Waals surface area (Å²) in [4.78, 5) is 12.4. The average Bonchev–Trinajstić information content (AvgIpc) is 2.65. The van der Waals surface area contributed by atoms with Gasteiger partial charge in [0, 0.05) is 24.0 Å². The molecule has 0 heterocycles. The van der Waals surface area contributed by atoms with Crippen LogP contribution in [0.15, 0.2) is 54.6 Å². The summed E-state index contributed by atoms with van der Waals surface area (Å²) in [6.45, 7) is 5.33. The number of carbonyl (C=O) groups is 1. The summed E-state index contributed by atoms with van der Waals surface area (Å²) in [6.07, 6.45) is 1.58. The topological polar surface area (TPSA) is 75.3 Å². The van der Waals surface area contributed by atoms with Crippen molar-refractivity contribution in [3.05, 3.63) is 54.6 Å². The van der Waals surface area contributed by atoms with Crippen LogP contribution >= 0.6 is 0 Å². The van der Waals surface area contributed by atoms with Gasteiger partial charge in [-0.15, -0.1) is 0 Å². The summed E-state index contributed by atoms with van der Waals surface area (Å²) in [5.41, 5.74) is 0.798. The lowest BCUT2D eigenvalue weighted by molar-refractivity contribution is -0.116. The van der Waals surface area contributed by atoms with Gasteiger partial charge in [-0.25, -0.2) is 13.1 Å². The molecule has 154 valence electrons. The second-order valence-electron chi connectivity index (χ2n) is 8.24. The molecule has 0 saturated heterocycles. The van der Waals surface area contributed by atoms with E-state index in [1.807, 2.05) is 30.3 Å². The molecule has 29 heavy (non-hydrogen) atoms. The first-order chi connectivity index (χ1) is 13.7. The monoisotopic (exact) mass is 412 g/mol. The van der Waals surface area contributed by atoms with Crippen LogP contribution in [0.5, 0.6) is 0 Å². The largest absolute Gasteiger partial charge is 0.326 e. The quantitative estimate of drug-likeness (QED) is 0.431. The highest BCUT2D eigenvalue weighted by Crippen LogP contribution is 2.28. The first-order valence-corrected chi connectivity index (χ1v) is 11.4. The van der Waals surface area contributed by atoms with Gasteiger partial charge < -0.3 is 5.32 Å². The molecular weight excluding hydrogens is 384 g/mol. The fourth-order valence-corrected chi connectivity index (χ4v) is 3.97. The van der Waals surface area contributed by atoms with Gasteiger partial charge in [0.15, 0.2) is 0 Å². The predicted octanol–water partition coefficient (Wildman–Crippen LogP) is 4.82. The van der Waals surface area contributed by atoms with E-state index in [1.54, 1.807) is 20.8 Å². The van der Waals surface area contributed by atoms with Crippen molar-refractivity contribution >= 4 is 43.2 Å². The Kier molecular flexibility index (Phi) is 6.24. The lowest BCUT2D eigenvalue weighted by Crippen LogP contribution is -2.39. The number of nitrogens with one attached hydrogen (secondary N) is 2. The molecular formula is C23H28N2O3S. The van der Waals surface area contributed by atoms with Crippen molar-refractivity contribution in [2.75, 3.05) is 11.9 Å². The van der Waals surface area contributed by atoms with E-state index in [0.717, 1.165) is 21.8 Å². The number of carbonyl (C=O) groups excluding carboxylic acids is 1. The third-order valence-electron chi connectivity index (χ3n) is 4.95. The number of sulfonamides is 1. The van der Waals surface area contributed by atoms with Crippen LogP contribution in [-0.4, -0.2) is 25.6 Å². The molecule has 0 aliphatic carbocycles. The zero-order valence-corrected chi connectivity index (χ0v) is 18.0. The van der Waals surface area contributed by atoms with Crippen molar-refractivity contribution in [1.29, 1.82) is 0 Å². The third-order valence-corrected chi connectivity index (χ3v) is 7.15. The molecule has 1 amide bonds. The summed E-state index contributed by atoms with van der Waals surface area (Å²) < 4.78 is 25.8. The van der Waals surface area contributed by atoms with Crippen molar-refractivity contribution in [3.63, 3.8) is 0 Å². The minimum Gasteiger partial charge on any atom is -0.326 e. The highest BCUT2D eigenvalue weighted by molar-refractivity contribution is 7.90. The Morgan fingerprint density at radius 3 is 2.24 bits per heavy atom. The fourth-order valence-electron chi connectivity index (χ4n) is 3.12. The molecule has 0 saturated carbocycles. The maximum absolute atomic E-state index is 12.4. The molecule has 0 unspecified atom stereocenters. The van der Waals surface area contributed by atoms with E-state index in [2.05, 4.69) is 34.3 Å². The molecule has 3 aromatic rings. The van der Waals surface area contributed by atoms with Crippen molar-refractivity contribution in [3.8, 4) is 0 Å². The number of benzene rings is 3. The van der Waals surface area contributed by atoms with Crippen LogP contribution in [0.2, 0.25) is 0 Å². The average molecular weight is 413 g/mol. The maximum atomic E-state index is 12.4. The standard InChI is InChI=1S/C23H28N2O3S/c1-23(2,3)29(27,28)24-14-7-6-13-22(26)25-21-12-8-11-19-15-17-9-4-5-10-18(17)16-20(19)21/h4-5,8-12,15-16,24H,6-7,13-14H2,1-3H3,(H,25,26). The van der Waals surface area contributed by atoms with Gasteiger partial charge in [0.2, 0.25) is 15.9 Å². The summed E-state index contributed by atoms with van der Waals surface area (Å²) in [7, 11) is -3.34. The van der Waals surface area contributed by atoms with Crippen LogP contribution in [0.1, 0.15) is 40.0 Å². The van der Waals surface area contributed by atoms with Gasteiger partial charge in [-0.05, 0) is 68.0 Å². The number of rotatable bonds is 7. The normalized spacial score (nSPS) is 12.4. The third kappa shape index (κ3) is 5.14. The minimum absolute atomic E-state index is 0.0654. The molecule has 2 N–H and O–H groups in total. The number of hydrogen-bond donors (Lipinski definition) is 2. The second kappa shape index (κ2) is 8.51. The minimum atomic E-state index is -3.34. The Hall–Kier alpha value is -2.44. The number of unbranched alkanes of at least 4 members (excludes halogenated alkanes) is 1. The maximum Gasteiger partial charge on any atom is 0.224 e. The van der Waals surface area contributed by atoms with E-state index >= 15 is 0 Å². The Morgan fingerprint density at radius 1 is 0.897 bits per heavy atom.